The fraction of sp³-hybridized carbons (Fsp3) is 1.00. The van der Waals surface area contributed by atoms with Crippen molar-refractivity contribution in [3.8, 4) is 0 Å². The van der Waals surface area contributed by atoms with Crippen LogP contribution in [0.5, 0.6) is 0 Å². The highest BCUT2D eigenvalue weighted by Crippen LogP contribution is 2.36. The molecule has 2 aliphatic rings. The molecule has 2 unspecified atom stereocenters. The lowest BCUT2D eigenvalue weighted by atomic mass is 9.93. The summed E-state index contributed by atoms with van der Waals surface area (Å²) < 4.78 is 0. The molecule has 2 saturated heterocycles. The summed E-state index contributed by atoms with van der Waals surface area (Å²) in [5.41, 5.74) is 6.46. The number of thioether (sulfide) groups is 1. The second-order valence-corrected chi connectivity index (χ2v) is 6.44. The molecule has 2 heterocycles. The van der Waals surface area contributed by atoms with Crippen LogP contribution in [0.15, 0.2) is 0 Å². The molecule has 3 heteroatoms. The number of likely N-dealkylation sites (tertiary alicyclic amines) is 1. The summed E-state index contributed by atoms with van der Waals surface area (Å²) in [6.45, 7) is 4.49. The van der Waals surface area contributed by atoms with Gasteiger partial charge in [0.15, 0.2) is 0 Å². The molecule has 2 atom stereocenters. The molecular weight excluding hydrogens is 216 g/mol. The fourth-order valence-electron chi connectivity index (χ4n) is 3.33. The zero-order valence-corrected chi connectivity index (χ0v) is 11.4. The topological polar surface area (TPSA) is 29.3 Å². The van der Waals surface area contributed by atoms with Crippen molar-refractivity contribution in [1.29, 1.82) is 0 Å². The van der Waals surface area contributed by atoms with Crippen molar-refractivity contribution in [2.45, 2.75) is 57.0 Å². The molecule has 2 nitrogen and oxygen atoms in total. The van der Waals surface area contributed by atoms with Gasteiger partial charge in [0, 0.05) is 23.9 Å². The van der Waals surface area contributed by atoms with E-state index < -0.39 is 0 Å². The van der Waals surface area contributed by atoms with E-state index >= 15 is 0 Å². The summed E-state index contributed by atoms with van der Waals surface area (Å²) in [4.78, 5) is 2.79. The second-order valence-electron chi connectivity index (χ2n) is 5.34. The maximum Gasteiger partial charge on any atom is 0.0432 e. The quantitative estimate of drug-likeness (QED) is 0.824. The lowest BCUT2D eigenvalue weighted by molar-refractivity contribution is 0.0664. The molecule has 0 amide bonds. The van der Waals surface area contributed by atoms with E-state index in [1.807, 2.05) is 0 Å². The minimum absolute atomic E-state index is 0.343. The van der Waals surface area contributed by atoms with Gasteiger partial charge < -0.3 is 5.73 Å². The molecule has 2 fully saturated rings. The van der Waals surface area contributed by atoms with Crippen molar-refractivity contribution in [3.05, 3.63) is 0 Å². The molecule has 0 radical (unpaired) electrons. The third-order valence-corrected chi connectivity index (χ3v) is 5.65. The minimum Gasteiger partial charge on any atom is -0.329 e. The highest BCUT2D eigenvalue weighted by Gasteiger charge is 2.41. The van der Waals surface area contributed by atoms with Gasteiger partial charge in [-0.05, 0) is 38.0 Å². The van der Waals surface area contributed by atoms with Crippen LogP contribution < -0.4 is 5.73 Å². The average molecular weight is 242 g/mol. The molecular formula is C13H26N2S. The van der Waals surface area contributed by atoms with Crippen molar-refractivity contribution < 1.29 is 0 Å². The Balaban J connectivity index is 2.13. The van der Waals surface area contributed by atoms with E-state index in [0.29, 0.717) is 5.54 Å². The third-order valence-electron chi connectivity index (χ3n) is 4.42. The van der Waals surface area contributed by atoms with Crippen LogP contribution in [0.2, 0.25) is 0 Å². The van der Waals surface area contributed by atoms with Gasteiger partial charge in [0.1, 0.15) is 0 Å². The largest absolute Gasteiger partial charge is 0.329 e. The first kappa shape index (κ1) is 12.7. The Labute approximate surface area is 104 Å². The number of nitrogens with two attached hydrogens (primary N) is 1. The van der Waals surface area contributed by atoms with Crippen LogP contribution in [0.1, 0.15) is 45.4 Å². The number of hydrogen-bond donors (Lipinski definition) is 1. The van der Waals surface area contributed by atoms with Gasteiger partial charge in [-0.2, -0.15) is 11.8 Å². The molecule has 0 aromatic heterocycles. The van der Waals surface area contributed by atoms with Gasteiger partial charge in [0.25, 0.3) is 0 Å². The molecule has 2 rings (SSSR count). The second kappa shape index (κ2) is 5.74. The lowest BCUT2D eigenvalue weighted by Gasteiger charge is -2.44. The first-order valence-electron chi connectivity index (χ1n) is 6.87. The lowest BCUT2D eigenvalue weighted by Crippen LogP contribution is -2.57. The molecule has 0 bridgehead atoms. The summed E-state index contributed by atoms with van der Waals surface area (Å²) in [7, 11) is 0. The zero-order chi connectivity index (χ0) is 11.4. The monoisotopic (exact) mass is 242 g/mol. The van der Waals surface area contributed by atoms with Crippen LogP contribution in [0, 0.1) is 0 Å². The van der Waals surface area contributed by atoms with Crippen LogP contribution in [0.4, 0.5) is 0 Å². The summed E-state index contributed by atoms with van der Waals surface area (Å²) in [6.07, 6.45) is 8.21. The molecule has 0 aliphatic carbocycles. The maximum atomic E-state index is 6.11. The first-order valence-corrected chi connectivity index (χ1v) is 8.02. The standard InChI is InChI=1S/C13H26N2S/c1-2-12-6-4-3-5-8-15(12)13(10-14)7-9-16-11-13/h12H,2-11,14H2,1H3. The zero-order valence-electron chi connectivity index (χ0n) is 10.6. The Kier molecular flexibility index (Phi) is 4.57. The molecule has 0 spiro atoms. The molecule has 94 valence electrons. The van der Waals surface area contributed by atoms with Crippen LogP contribution >= 0.6 is 11.8 Å². The number of nitrogens with zero attached hydrogens (tertiary/aromatic N) is 1. The van der Waals surface area contributed by atoms with Crippen molar-refractivity contribution in [3.63, 3.8) is 0 Å². The Hall–Kier alpha value is 0.270. The Morgan fingerprint density at radius 1 is 1.38 bits per heavy atom. The van der Waals surface area contributed by atoms with E-state index in [-0.39, 0.29) is 0 Å². The smallest absolute Gasteiger partial charge is 0.0432 e. The van der Waals surface area contributed by atoms with Gasteiger partial charge in [0.2, 0.25) is 0 Å². The van der Waals surface area contributed by atoms with Gasteiger partial charge >= 0.3 is 0 Å². The van der Waals surface area contributed by atoms with E-state index in [1.54, 1.807) is 0 Å². The van der Waals surface area contributed by atoms with Gasteiger partial charge in [0.05, 0.1) is 0 Å². The Morgan fingerprint density at radius 3 is 2.88 bits per heavy atom. The summed E-state index contributed by atoms with van der Waals surface area (Å²) in [5.74, 6) is 2.57. The van der Waals surface area contributed by atoms with E-state index in [0.717, 1.165) is 12.6 Å². The van der Waals surface area contributed by atoms with Crippen molar-refractivity contribution >= 4 is 11.8 Å². The molecule has 2 aliphatic heterocycles. The molecule has 2 N–H and O–H groups in total. The molecule has 0 aromatic carbocycles. The highest BCUT2D eigenvalue weighted by atomic mass is 32.2. The summed E-state index contributed by atoms with van der Waals surface area (Å²) >= 11 is 2.10. The average Bonchev–Trinajstić information content (AvgIpc) is 2.68. The first-order chi connectivity index (χ1) is 7.82. The van der Waals surface area contributed by atoms with Gasteiger partial charge in [-0.25, -0.2) is 0 Å². The summed E-state index contributed by atoms with van der Waals surface area (Å²) in [6, 6.07) is 0.796. The van der Waals surface area contributed by atoms with Gasteiger partial charge in [-0.15, -0.1) is 0 Å². The Morgan fingerprint density at radius 2 is 2.25 bits per heavy atom. The fourth-order valence-corrected chi connectivity index (χ4v) is 4.80. The SMILES string of the molecule is CCC1CCCCCN1C1(CN)CCSC1. The van der Waals surface area contributed by atoms with E-state index in [2.05, 4.69) is 23.6 Å². The molecule has 16 heavy (non-hydrogen) atoms. The van der Waals surface area contributed by atoms with Gasteiger partial charge in [-0.3, -0.25) is 4.90 Å². The number of hydrogen-bond acceptors (Lipinski definition) is 3. The molecule has 0 aromatic rings. The van der Waals surface area contributed by atoms with Crippen LogP contribution in [-0.2, 0) is 0 Å². The third kappa shape index (κ3) is 2.41. The predicted octanol–water partition coefficient (Wildman–Crippen LogP) is 2.48. The highest BCUT2D eigenvalue weighted by molar-refractivity contribution is 7.99. The van der Waals surface area contributed by atoms with Crippen molar-refractivity contribution in [2.75, 3.05) is 24.6 Å². The van der Waals surface area contributed by atoms with E-state index in [9.17, 15) is 0 Å². The maximum absolute atomic E-state index is 6.11. The van der Waals surface area contributed by atoms with Crippen molar-refractivity contribution in [1.82, 2.24) is 4.90 Å². The Bertz CT molecular complexity index is 214. The van der Waals surface area contributed by atoms with E-state index in [1.165, 1.54) is 56.6 Å². The van der Waals surface area contributed by atoms with Crippen LogP contribution in [0.25, 0.3) is 0 Å². The van der Waals surface area contributed by atoms with Crippen molar-refractivity contribution in [2.24, 2.45) is 5.73 Å². The number of rotatable bonds is 3. The minimum atomic E-state index is 0.343. The van der Waals surface area contributed by atoms with Crippen LogP contribution in [-0.4, -0.2) is 41.1 Å². The predicted molar refractivity (Wildman–Crippen MR) is 73.0 cm³/mol. The van der Waals surface area contributed by atoms with E-state index in [4.69, 9.17) is 5.73 Å². The van der Waals surface area contributed by atoms with Crippen LogP contribution in [0.3, 0.4) is 0 Å². The molecule has 0 saturated carbocycles. The summed E-state index contributed by atoms with van der Waals surface area (Å²) in [5, 5.41) is 0. The normalized spacial score (nSPS) is 37.5. The van der Waals surface area contributed by atoms with Gasteiger partial charge in [-0.1, -0.05) is 19.8 Å².